The average Bonchev–Trinajstić information content (AvgIpc) is 3.19. The molecule has 0 amide bonds. The van der Waals surface area contributed by atoms with E-state index in [2.05, 4.69) is 20.4 Å². The lowest BCUT2D eigenvalue weighted by Crippen LogP contribution is -2.12. The fourth-order valence-corrected chi connectivity index (χ4v) is 3.09. The fourth-order valence-electron chi connectivity index (χ4n) is 3.09. The van der Waals surface area contributed by atoms with Gasteiger partial charge in [-0.3, -0.25) is 9.67 Å². The molecule has 0 fully saturated rings. The number of aryl methyl sites for hydroxylation is 2. The summed E-state index contributed by atoms with van der Waals surface area (Å²) in [4.78, 5) is 7.46. The summed E-state index contributed by atoms with van der Waals surface area (Å²) in [5.74, 6) is -0.252. The molecule has 0 saturated heterocycles. The van der Waals surface area contributed by atoms with Crippen LogP contribution in [0, 0.1) is 12.7 Å². The second kappa shape index (κ2) is 6.05. The van der Waals surface area contributed by atoms with Crippen molar-refractivity contribution in [1.82, 2.24) is 19.7 Å². The Hall–Kier alpha value is -3.15. The summed E-state index contributed by atoms with van der Waals surface area (Å²) in [6.45, 7) is 1.95. The van der Waals surface area contributed by atoms with Gasteiger partial charge >= 0.3 is 0 Å². The van der Waals surface area contributed by atoms with E-state index < -0.39 is 0 Å². The normalized spacial score (nSPS) is 12.4. The molecule has 4 rings (SSSR count). The minimum Gasteiger partial charge on any atom is -0.374 e. The predicted octanol–water partition coefficient (Wildman–Crippen LogP) is 3.95. The van der Waals surface area contributed by atoms with E-state index in [1.54, 1.807) is 23.0 Å². The lowest BCUT2D eigenvalue weighted by Gasteiger charge is -2.19. The minimum absolute atomic E-state index is 0.161. The van der Waals surface area contributed by atoms with Crippen molar-refractivity contribution in [3.05, 3.63) is 77.8 Å². The van der Waals surface area contributed by atoms with Crippen LogP contribution in [0.25, 0.3) is 10.9 Å². The van der Waals surface area contributed by atoms with Gasteiger partial charge in [-0.2, -0.15) is 5.10 Å². The Morgan fingerprint density at radius 2 is 2.12 bits per heavy atom. The van der Waals surface area contributed by atoms with Gasteiger partial charge in [0.1, 0.15) is 5.82 Å². The molecule has 0 aliphatic carbocycles. The van der Waals surface area contributed by atoms with Gasteiger partial charge in [0.2, 0.25) is 0 Å². The molecule has 0 aliphatic rings. The van der Waals surface area contributed by atoms with E-state index in [0.29, 0.717) is 0 Å². The van der Waals surface area contributed by atoms with Crippen LogP contribution in [0.4, 0.5) is 10.1 Å². The molecule has 0 radical (unpaired) electrons. The molecule has 6 heteroatoms. The van der Waals surface area contributed by atoms with Gasteiger partial charge in [0.15, 0.2) is 0 Å². The molecular weight excluding hydrogens is 317 g/mol. The topological polar surface area (TPSA) is 58.5 Å². The first kappa shape index (κ1) is 15.4. The second-order valence-corrected chi connectivity index (χ2v) is 6.14. The van der Waals surface area contributed by atoms with E-state index in [0.717, 1.165) is 33.4 Å². The van der Waals surface area contributed by atoms with Crippen LogP contribution in [0.5, 0.6) is 0 Å². The van der Waals surface area contributed by atoms with E-state index in [1.807, 2.05) is 44.7 Å². The molecule has 1 aromatic carbocycles. The standard InChI is InChI=1S/C19H18FN5/c1-12-7-15(5-6-21-12)24-19(13-9-23-25(2)11-13)17-10-22-18-4-3-14(20)8-16(17)18/h3-11,19,22H,1-2H3,(H,21,24). The van der Waals surface area contributed by atoms with Crippen LogP contribution < -0.4 is 5.32 Å². The Kier molecular flexibility index (Phi) is 3.72. The maximum atomic E-state index is 13.8. The van der Waals surface area contributed by atoms with Crippen molar-refractivity contribution >= 4 is 16.6 Å². The Balaban J connectivity index is 1.83. The van der Waals surface area contributed by atoms with E-state index in [4.69, 9.17) is 0 Å². The van der Waals surface area contributed by atoms with Gasteiger partial charge in [-0.1, -0.05) is 0 Å². The lowest BCUT2D eigenvalue weighted by atomic mass is 10.0. The van der Waals surface area contributed by atoms with E-state index in [1.165, 1.54) is 6.07 Å². The summed E-state index contributed by atoms with van der Waals surface area (Å²) in [6.07, 6.45) is 7.48. The number of nitrogens with one attached hydrogen (secondary N) is 2. The highest BCUT2D eigenvalue weighted by molar-refractivity contribution is 5.84. The molecule has 0 spiro atoms. The number of rotatable bonds is 4. The number of halogens is 1. The second-order valence-electron chi connectivity index (χ2n) is 6.14. The van der Waals surface area contributed by atoms with E-state index in [9.17, 15) is 4.39 Å². The molecule has 126 valence electrons. The first-order valence-electron chi connectivity index (χ1n) is 8.04. The predicted molar refractivity (Wildman–Crippen MR) is 95.9 cm³/mol. The van der Waals surface area contributed by atoms with Crippen LogP contribution in [0.15, 0.2) is 55.1 Å². The Morgan fingerprint density at radius 3 is 2.88 bits per heavy atom. The van der Waals surface area contributed by atoms with E-state index in [-0.39, 0.29) is 11.9 Å². The quantitative estimate of drug-likeness (QED) is 0.594. The molecule has 1 atom stereocenters. The van der Waals surface area contributed by atoms with Crippen LogP contribution in [-0.2, 0) is 7.05 Å². The van der Waals surface area contributed by atoms with Crippen molar-refractivity contribution in [3.63, 3.8) is 0 Å². The highest BCUT2D eigenvalue weighted by Gasteiger charge is 2.20. The van der Waals surface area contributed by atoms with Crippen LogP contribution in [0.3, 0.4) is 0 Å². The van der Waals surface area contributed by atoms with Crippen LogP contribution in [-0.4, -0.2) is 19.7 Å². The molecule has 5 nitrogen and oxygen atoms in total. The number of fused-ring (bicyclic) bond motifs is 1. The monoisotopic (exact) mass is 335 g/mol. The van der Waals surface area contributed by atoms with Gasteiger partial charge in [0.05, 0.1) is 12.2 Å². The van der Waals surface area contributed by atoms with Crippen molar-refractivity contribution in [1.29, 1.82) is 0 Å². The highest BCUT2D eigenvalue weighted by Crippen LogP contribution is 2.32. The third kappa shape index (κ3) is 2.98. The zero-order valence-electron chi connectivity index (χ0n) is 14.0. The third-order valence-electron chi connectivity index (χ3n) is 4.25. The molecule has 2 N–H and O–H groups in total. The number of aromatic nitrogens is 4. The summed E-state index contributed by atoms with van der Waals surface area (Å²) in [6, 6.07) is 8.52. The van der Waals surface area contributed by atoms with Crippen molar-refractivity contribution in [2.45, 2.75) is 13.0 Å². The van der Waals surface area contributed by atoms with Gasteiger partial charge in [0.25, 0.3) is 0 Å². The number of hydrogen-bond acceptors (Lipinski definition) is 3. The summed E-state index contributed by atoms with van der Waals surface area (Å²) < 4.78 is 15.5. The maximum Gasteiger partial charge on any atom is 0.123 e. The third-order valence-corrected chi connectivity index (χ3v) is 4.25. The SMILES string of the molecule is Cc1cc(NC(c2cnn(C)c2)c2c[nH]c3ccc(F)cc23)ccn1. The highest BCUT2D eigenvalue weighted by atomic mass is 19.1. The number of anilines is 1. The van der Waals surface area contributed by atoms with Crippen molar-refractivity contribution in [2.75, 3.05) is 5.32 Å². The first-order chi connectivity index (χ1) is 12.1. The molecular formula is C19H18FN5. The first-order valence-corrected chi connectivity index (χ1v) is 8.04. The summed E-state index contributed by atoms with van der Waals surface area (Å²) in [7, 11) is 1.88. The van der Waals surface area contributed by atoms with Gasteiger partial charge < -0.3 is 10.3 Å². The molecule has 3 aromatic heterocycles. The van der Waals surface area contributed by atoms with Crippen molar-refractivity contribution < 1.29 is 4.39 Å². The lowest BCUT2D eigenvalue weighted by molar-refractivity contribution is 0.629. The largest absolute Gasteiger partial charge is 0.374 e. The smallest absolute Gasteiger partial charge is 0.123 e. The summed E-state index contributed by atoms with van der Waals surface area (Å²) >= 11 is 0. The Bertz CT molecular complexity index is 1030. The fraction of sp³-hybridized carbons (Fsp3) is 0.158. The van der Waals surface area contributed by atoms with Gasteiger partial charge in [-0.15, -0.1) is 0 Å². The molecule has 4 aromatic rings. The van der Waals surface area contributed by atoms with Crippen LogP contribution in [0.2, 0.25) is 0 Å². The van der Waals surface area contributed by atoms with Crippen molar-refractivity contribution in [2.24, 2.45) is 7.05 Å². The van der Waals surface area contributed by atoms with Gasteiger partial charge in [-0.25, -0.2) is 4.39 Å². The zero-order chi connectivity index (χ0) is 17.4. The number of aromatic amines is 1. The number of benzene rings is 1. The average molecular weight is 335 g/mol. The van der Waals surface area contributed by atoms with Crippen LogP contribution >= 0.6 is 0 Å². The number of H-pyrrole nitrogens is 1. The summed E-state index contributed by atoms with van der Waals surface area (Å²) in [5, 5.41) is 8.67. The van der Waals surface area contributed by atoms with Gasteiger partial charge in [-0.05, 0) is 37.3 Å². The molecule has 25 heavy (non-hydrogen) atoms. The van der Waals surface area contributed by atoms with E-state index >= 15 is 0 Å². The number of nitrogens with zero attached hydrogens (tertiary/aromatic N) is 3. The molecule has 3 heterocycles. The Labute approximate surface area is 144 Å². The number of pyridine rings is 1. The van der Waals surface area contributed by atoms with Gasteiger partial charge in [0, 0.05) is 59.0 Å². The zero-order valence-corrected chi connectivity index (χ0v) is 14.0. The molecule has 0 aliphatic heterocycles. The summed E-state index contributed by atoms with van der Waals surface area (Å²) in [5.41, 5.74) is 4.75. The van der Waals surface area contributed by atoms with Crippen molar-refractivity contribution in [3.8, 4) is 0 Å². The molecule has 0 bridgehead atoms. The maximum absolute atomic E-state index is 13.8. The molecule has 0 saturated carbocycles. The minimum atomic E-state index is -0.252. The van der Waals surface area contributed by atoms with Crippen LogP contribution in [0.1, 0.15) is 22.9 Å². The Morgan fingerprint density at radius 1 is 1.24 bits per heavy atom. The number of hydrogen-bond donors (Lipinski definition) is 2. The molecule has 1 unspecified atom stereocenters.